The number of carboxylic acids is 1. The summed E-state index contributed by atoms with van der Waals surface area (Å²) in [5, 5.41) is 8.08. The molecule has 0 spiro atoms. The highest BCUT2D eigenvalue weighted by Crippen LogP contribution is 2.25. The minimum atomic E-state index is -3.14. The van der Waals surface area contributed by atoms with Crippen molar-refractivity contribution in [2.24, 2.45) is 0 Å². The zero-order valence-corrected chi connectivity index (χ0v) is 8.22. The summed E-state index contributed by atoms with van der Waals surface area (Å²) >= 11 is 0. The standard InChI is InChI=1S/C8H14O4S/c9-8(10)5-6-13(11,12)7-3-1-2-4-7/h7H,1-6H2,(H,9,10). The number of aliphatic carboxylic acids is 1. The Morgan fingerprint density at radius 1 is 1.31 bits per heavy atom. The quantitative estimate of drug-likeness (QED) is 0.739. The van der Waals surface area contributed by atoms with Crippen molar-refractivity contribution in [3.8, 4) is 0 Å². The smallest absolute Gasteiger partial charge is 0.304 e. The van der Waals surface area contributed by atoms with Gasteiger partial charge >= 0.3 is 5.97 Å². The molecule has 1 rings (SSSR count). The third-order valence-electron chi connectivity index (χ3n) is 2.41. The molecule has 1 fully saturated rings. The predicted octanol–water partition coefficient (Wildman–Crippen LogP) is 0.819. The number of sulfone groups is 1. The van der Waals surface area contributed by atoms with Crippen LogP contribution in [0.3, 0.4) is 0 Å². The summed E-state index contributed by atoms with van der Waals surface area (Å²) < 4.78 is 22.9. The van der Waals surface area contributed by atoms with Crippen LogP contribution in [-0.4, -0.2) is 30.5 Å². The summed E-state index contributed by atoms with van der Waals surface area (Å²) in [5.74, 6) is -1.24. The van der Waals surface area contributed by atoms with Gasteiger partial charge in [-0.2, -0.15) is 0 Å². The van der Waals surface area contributed by atoms with E-state index in [1.165, 1.54) is 0 Å². The fourth-order valence-electron chi connectivity index (χ4n) is 1.64. The molecule has 0 radical (unpaired) electrons. The van der Waals surface area contributed by atoms with E-state index >= 15 is 0 Å². The van der Waals surface area contributed by atoms with E-state index < -0.39 is 15.8 Å². The lowest BCUT2D eigenvalue weighted by atomic mass is 10.4. The molecule has 0 amide bonds. The Morgan fingerprint density at radius 3 is 2.31 bits per heavy atom. The molecule has 0 unspecified atom stereocenters. The molecule has 1 aliphatic rings. The highest BCUT2D eigenvalue weighted by molar-refractivity contribution is 7.92. The SMILES string of the molecule is O=C(O)CCS(=O)(=O)C1CCCC1. The molecule has 0 saturated heterocycles. The van der Waals surface area contributed by atoms with E-state index in [9.17, 15) is 13.2 Å². The van der Waals surface area contributed by atoms with Gasteiger partial charge in [-0.25, -0.2) is 8.42 Å². The Balaban J connectivity index is 2.50. The molecule has 0 aliphatic heterocycles. The molecule has 76 valence electrons. The topological polar surface area (TPSA) is 71.4 Å². The van der Waals surface area contributed by atoms with Crippen LogP contribution in [0.4, 0.5) is 0 Å². The normalized spacial score (nSPS) is 19.1. The van der Waals surface area contributed by atoms with Crippen molar-refractivity contribution in [2.45, 2.75) is 37.4 Å². The number of carboxylic acid groups (broad SMARTS) is 1. The summed E-state index contributed by atoms with van der Waals surface area (Å²) in [6.07, 6.45) is 3.07. The van der Waals surface area contributed by atoms with Crippen LogP contribution in [0.1, 0.15) is 32.1 Å². The van der Waals surface area contributed by atoms with Crippen LogP contribution in [-0.2, 0) is 14.6 Å². The van der Waals surface area contributed by atoms with Gasteiger partial charge in [-0.1, -0.05) is 12.8 Å². The maximum Gasteiger partial charge on any atom is 0.304 e. The van der Waals surface area contributed by atoms with Crippen LogP contribution < -0.4 is 0 Å². The molecule has 0 heterocycles. The zero-order chi connectivity index (χ0) is 9.90. The highest BCUT2D eigenvalue weighted by atomic mass is 32.2. The average Bonchev–Trinajstić information content (AvgIpc) is 2.53. The number of hydrogen-bond acceptors (Lipinski definition) is 3. The van der Waals surface area contributed by atoms with Gasteiger partial charge in [-0.15, -0.1) is 0 Å². The molecule has 1 saturated carbocycles. The lowest BCUT2D eigenvalue weighted by Gasteiger charge is -2.08. The van der Waals surface area contributed by atoms with E-state index in [0.29, 0.717) is 12.8 Å². The monoisotopic (exact) mass is 206 g/mol. The summed E-state index contributed by atoms with van der Waals surface area (Å²) in [6.45, 7) is 0. The lowest BCUT2D eigenvalue weighted by Crippen LogP contribution is -2.22. The molecule has 13 heavy (non-hydrogen) atoms. The fraction of sp³-hybridized carbons (Fsp3) is 0.875. The molecule has 5 heteroatoms. The first-order chi connectivity index (χ1) is 6.02. The van der Waals surface area contributed by atoms with Gasteiger partial charge in [0.2, 0.25) is 0 Å². The molecule has 1 aliphatic carbocycles. The number of hydrogen-bond donors (Lipinski definition) is 1. The number of carbonyl (C=O) groups is 1. The van der Waals surface area contributed by atoms with Crippen LogP contribution in [0.5, 0.6) is 0 Å². The van der Waals surface area contributed by atoms with Crippen LogP contribution >= 0.6 is 0 Å². The first kappa shape index (κ1) is 10.5. The molecule has 0 aromatic heterocycles. The molecule has 0 aromatic carbocycles. The highest BCUT2D eigenvalue weighted by Gasteiger charge is 2.28. The van der Waals surface area contributed by atoms with E-state index in [0.717, 1.165) is 12.8 Å². The number of rotatable bonds is 4. The molecule has 0 atom stereocenters. The van der Waals surface area contributed by atoms with Crippen molar-refractivity contribution in [2.75, 3.05) is 5.75 Å². The zero-order valence-electron chi connectivity index (χ0n) is 7.40. The first-order valence-corrected chi connectivity index (χ1v) is 6.17. The van der Waals surface area contributed by atoms with Crippen LogP contribution in [0.25, 0.3) is 0 Å². The summed E-state index contributed by atoms with van der Waals surface area (Å²) in [5.41, 5.74) is 0. The van der Waals surface area contributed by atoms with E-state index in [-0.39, 0.29) is 17.4 Å². The summed E-state index contributed by atoms with van der Waals surface area (Å²) in [7, 11) is -3.14. The van der Waals surface area contributed by atoms with Crippen molar-refractivity contribution < 1.29 is 18.3 Å². The van der Waals surface area contributed by atoms with Gasteiger partial charge in [0.05, 0.1) is 17.4 Å². The fourth-order valence-corrected chi connectivity index (χ4v) is 3.49. The molecular weight excluding hydrogens is 192 g/mol. The molecular formula is C8H14O4S. The van der Waals surface area contributed by atoms with Crippen LogP contribution in [0.15, 0.2) is 0 Å². The molecule has 4 nitrogen and oxygen atoms in total. The van der Waals surface area contributed by atoms with Gasteiger partial charge < -0.3 is 5.11 Å². The van der Waals surface area contributed by atoms with Gasteiger partial charge in [-0.3, -0.25) is 4.79 Å². The summed E-state index contributed by atoms with van der Waals surface area (Å²) in [6, 6.07) is 0. The average molecular weight is 206 g/mol. The predicted molar refractivity (Wildman–Crippen MR) is 48.3 cm³/mol. The Bertz CT molecular complexity index is 275. The van der Waals surface area contributed by atoms with Crippen molar-refractivity contribution in [3.05, 3.63) is 0 Å². The Hall–Kier alpha value is -0.580. The second-order valence-electron chi connectivity index (χ2n) is 3.42. The Morgan fingerprint density at radius 2 is 1.85 bits per heavy atom. The maximum absolute atomic E-state index is 11.5. The second-order valence-corrected chi connectivity index (χ2v) is 5.82. The second kappa shape index (κ2) is 4.09. The van der Waals surface area contributed by atoms with Gasteiger partial charge in [0.15, 0.2) is 9.84 Å². The third kappa shape index (κ3) is 2.99. The van der Waals surface area contributed by atoms with Gasteiger partial charge in [0, 0.05) is 0 Å². The van der Waals surface area contributed by atoms with Crippen molar-refractivity contribution in [3.63, 3.8) is 0 Å². The van der Waals surface area contributed by atoms with Crippen LogP contribution in [0.2, 0.25) is 0 Å². The van der Waals surface area contributed by atoms with Gasteiger partial charge in [0.25, 0.3) is 0 Å². The van der Waals surface area contributed by atoms with E-state index in [1.54, 1.807) is 0 Å². The van der Waals surface area contributed by atoms with Gasteiger partial charge in [-0.05, 0) is 12.8 Å². The van der Waals surface area contributed by atoms with Crippen molar-refractivity contribution in [1.29, 1.82) is 0 Å². The molecule has 0 aromatic rings. The molecule has 0 bridgehead atoms. The Labute approximate surface area is 77.9 Å². The van der Waals surface area contributed by atoms with E-state index in [1.807, 2.05) is 0 Å². The maximum atomic E-state index is 11.5. The van der Waals surface area contributed by atoms with Crippen molar-refractivity contribution >= 4 is 15.8 Å². The van der Waals surface area contributed by atoms with Crippen LogP contribution in [0, 0.1) is 0 Å². The minimum absolute atomic E-state index is 0.201. The van der Waals surface area contributed by atoms with E-state index in [4.69, 9.17) is 5.11 Å². The largest absolute Gasteiger partial charge is 0.481 e. The van der Waals surface area contributed by atoms with Crippen molar-refractivity contribution in [1.82, 2.24) is 0 Å². The van der Waals surface area contributed by atoms with Gasteiger partial charge in [0.1, 0.15) is 0 Å². The minimum Gasteiger partial charge on any atom is -0.481 e. The first-order valence-electron chi connectivity index (χ1n) is 4.46. The Kier molecular flexibility index (Phi) is 3.30. The lowest BCUT2D eigenvalue weighted by molar-refractivity contribution is -0.136. The third-order valence-corrected chi connectivity index (χ3v) is 4.67. The summed E-state index contributed by atoms with van der Waals surface area (Å²) in [4.78, 5) is 10.2. The van der Waals surface area contributed by atoms with E-state index in [2.05, 4.69) is 0 Å². The molecule has 1 N–H and O–H groups in total.